The first-order chi connectivity index (χ1) is 10.2. The smallest absolute Gasteiger partial charge is 0.0926 e. The summed E-state index contributed by atoms with van der Waals surface area (Å²) in [7, 11) is 0. The molecule has 0 aliphatic heterocycles. The van der Waals surface area contributed by atoms with Crippen LogP contribution in [0.1, 0.15) is 22.5 Å². The van der Waals surface area contributed by atoms with Gasteiger partial charge in [-0.3, -0.25) is 5.10 Å². The Kier molecular flexibility index (Phi) is 2.61. The van der Waals surface area contributed by atoms with Crippen LogP contribution in [0.5, 0.6) is 0 Å². The summed E-state index contributed by atoms with van der Waals surface area (Å²) in [6.45, 7) is 4.18. The van der Waals surface area contributed by atoms with Gasteiger partial charge in [-0.1, -0.05) is 23.8 Å². The molecule has 2 N–H and O–H groups in total. The monoisotopic (exact) mass is 275 g/mol. The number of fused-ring (bicyclic) bond motifs is 2. The van der Waals surface area contributed by atoms with E-state index in [9.17, 15) is 0 Å². The van der Waals surface area contributed by atoms with Crippen molar-refractivity contribution in [3.05, 3.63) is 65.0 Å². The van der Waals surface area contributed by atoms with Gasteiger partial charge in [-0.05, 0) is 49.1 Å². The largest absolute Gasteiger partial charge is 0.358 e. The summed E-state index contributed by atoms with van der Waals surface area (Å²) in [5.74, 6) is 0. The fraction of sp³-hybridized carbons (Fsp3) is 0.167. The van der Waals surface area contributed by atoms with Gasteiger partial charge in [-0.25, -0.2) is 0 Å². The molecule has 2 aromatic heterocycles. The lowest BCUT2D eigenvalue weighted by molar-refractivity contribution is 1.07. The number of hydrogen-bond donors (Lipinski definition) is 2. The van der Waals surface area contributed by atoms with E-state index in [0.717, 1.165) is 17.6 Å². The zero-order valence-corrected chi connectivity index (χ0v) is 12.2. The fourth-order valence-electron chi connectivity index (χ4n) is 2.93. The van der Waals surface area contributed by atoms with Gasteiger partial charge in [0.15, 0.2) is 0 Å². The third kappa shape index (κ3) is 2.11. The molecule has 21 heavy (non-hydrogen) atoms. The van der Waals surface area contributed by atoms with Crippen molar-refractivity contribution in [3.63, 3.8) is 0 Å². The molecule has 2 aromatic carbocycles. The molecule has 0 aliphatic rings. The van der Waals surface area contributed by atoms with Crippen LogP contribution >= 0.6 is 0 Å². The highest BCUT2D eigenvalue weighted by molar-refractivity contribution is 5.82. The molecule has 0 amide bonds. The zero-order valence-electron chi connectivity index (χ0n) is 12.2. The van der Waals surface area contributed by atoms with E-state index in [1.165, 1.54) is 33.1 Å². The third-order valence-electron chi connectivity index (χ3n) is 4.04. The predicted molar refractivity (Wildman–Crippen MR) is 86.7 cm³/mol. The Hall–Kier alpha value is -2.55. The molecule has 0 bridgehead atoms. The summed E-state index contributed by atoms with van der Waals surface area (Å²) in [5.41, 5.74) is 7.17. The second-order valence-corrected chi connectivity index (χ2v) is 5.76. The molecule has 3 heteroatoms. The van der Waals surface area contributed by atoms with Gasteiger partial charge in [0.05, 0.1) is 5.52 Å². The molecule has 0 fully saturated rings. The maximum atomic E-state index is 4.34. The minimum Gasteiger partial charge on any atom is -0.358 e. The lowest BCUT2D eigenvalue weighted by Gasteiger charge is -1.99. The van der Waals surface area contributed by atoms with Crippen LogP contribution in [0.4, 0.5) is 0 Å². The molecule has 0 radical (unpaired) electrons. The minimum absolute atomic E-state index is 0.898. The highest BCUT2D eigenvalue weighted by Gasteiger charge is 2.05. The summed E-state index contributed by atoms with van der Waals surface area (Å²) in [6.07, 6.45) is 0.898. The summed E-state index contributed by atoms with van der Waals surface area (Å²) in [6, 6.07) is 15.2. The summed E-state index contributed by atoms with van der Waals surface area (Å²) in [5, 5.41) is 9.86. The minimum atomic E-state index is 0.898. The number of rotatable bonds is 2. The number of aromatic nitrogens is 3. The molecule has 0 spiro atoms. The molecule has 0 atom stereocenters. The number of aromatic amines is 2. The van der Waals surface area contributed by atoms with E-state index < -0.39 is 0 Å². The van der Waals surface area contributed by atoms with E-state index in [0.29, 0.717) is 0 Å². The fourth-order valence-corrected chi connectivity index (χ4v) is 2.93. The van der Waals surface area contributed by atoms with Crippen molar-refractivity contribution in [3.8, 4) is 0 Å². The van der Waals surface area contributed by atoms with Crippen molar-refractivity contribution < 1.29 is 0 Å². The van der Waals surface area contributed by atoms with Gasteiger partial charge in [-0.2, -0.15) is 5.10 Å². The van der Waals surface area contributed by atoms with E-state index in [4.69, 9.17) is 0 Å². The Balaban J connectivity index is 1.71. The van der Waals surface area contributed by atoms with Crippen LogP contribution in [0.25, 0.3) is 21.8 Å². The number of nitrogens with one attached hydrogen (secondary N) is 2. The second kappa shape index (κ2) is 4.48. The maximum absolute atomic E-state index is 4.34. The summed E-state index contributed by atoms with van der Waals surface area (Å²) >= 11 is 0. The molecule has 104 valence electrons. The number of nitrogens with zero attached hydrogens (tertiary/aromatic N) is 1. The van der Waals surface area contributed by atoms with Gasteiger partial charge in [0, 0.05) is 28.7 Å². The van der Waals surface area contributed by atoms with E-state index in [2.05, 4.69) is 71.5 Å². The van der Waals surface area contributed by atoms with Crippen LogP contribution in [0.15, 0.2) is 42.5 Å². The Morgan fingerprint density at radius 2 is 1.90 bits per heavy atom. The topological polar surface area (TPSA) is 44.5 Å². The van der Waals surface area contributed by atoms with Crippen molar-refractivity contribution in [2.45, 2.75) is 20.3 Å². The highest BCUT2D eigenvalue weighted by atomic mass is 15.1. The molecule has 3 nitrogen and oxygen atoms in total. The van der Waals surface area contributed by atoms with Crippen LogP contribution < -0.4 is 0 Å². The van der Waals surface area contributed by atoms with Crippen LogP contribution in [0.2, 0.25) is 0 Å². The molecule has 2 heterocycles. The van der Waals surface area contributed by atoms with E-state index in [1.807, 2.05) is 0 Å². The Morgan fingerprint density at radius 3 is 2.81 bits per heavy atom. The lowest BCUT2D eigenvalue weighted by Crippen LogP contribution is -1.88. The molecule has 0 unspecified atom stereocenters. The Labute approximate surface area is 123 Å². The lowest BCUT2D eigenvalue weighted by atomic mass is 10.1. The van der Waals surface area contributed by atoms with Crippen LogP contribution in [0.3, 0.4) is 0 Å². The van der Waals surface area contributed by atoms with Crippen molar-refractivity contribution in [1.29, 1.82) is 0 Å². The molecule has 4 aromatic rings. The molecule has 4 rings (SSSR count). The molecule has 0 aliphatic carbocycles. The van der Waals surface area contributed by atoms with Gasteiger partial charge in [0.25, 0.3) is 0 Å². The van der Waals surface area contributed by atoms with Crippen LogP contribution in [0, 0.1) is 13.8 Å². The SMILES string of the molecule is Cc1ccc2[nH]c(Cc3ccc4c(C)[nH]nc4c3)cc2c1. The van der Waals surface area contributed by atoms with Gasteiger partial charge in [-0.15, -0.1) is 0 Å². The molecule has 0 saturated heterocycles. The average molecular weight is 275 g/mol. The Bertz CT molecular complexity index is 944. The normalized spacial score (nSPS) is 11.5. The van der Waals surface area contributed by atoms with Gasteiger partial charge < -0.3 is 4.98 Å². The maximum Gasteiger partial charge on any atom is 0.0926 e. The molecular formula is C18H17N3. The number of H-pyrrole nitrogens is 2. The van der Waals surface area contributed by atoms with Crippen molar-refractivity contribution in [1.82, 2.24) is 15.2 Å². The molecular weight excluding hydrogens is 258 g/mol. The van der Waals surface area contributed by atoms with Gasteiger partial charge in [0.2, 0.25) is 0 Å². The average Bonchev–Trinajstić information content (AvgIpc) is 3.02. The van der Waals surface area contributed by atoms with Crippen molar-refractivity contribution in [2.75, 3.05) is 0 Å². The number of hydrogen-bond acceptors (Lipinski definition) is 1. The van der Waals surface area contributed by atoms with E-state index in [1.54, 1.807) is 0 Å². The second-order valence-electron chi connectivity index (χ2n) is 5.76. The van der Waals surface area contributed by atoms with Gasteiger partial charge >= 0.3 is 0 Å². The first-order valence-electron chi connectivity index (χ1n) is 7.21. The third-order valence-corrected chi connectivity index (χ3v) is 4.04. The van der Waals surface area contributed by atoms with E-state index in [-0.39, 0.29) is 0 Å². The Morgan fingerprint density at radius 1 is 1.00 bits per heavy atom. The highest BCUT2D eigenvalue weighted by Crippen LogP contribution is 2.21. The van der Waals surface area contributed by atoms with Crippen molar-refractivity contribution >= 4 is 21.8 Å². The predicted octanol–water partition coefficient (Wildman–Crippen LogP) is 4.25. The summed E-state index contributed by atoms with van der Waals surface area (Å²) < 4.78 is 0. The summed E-state index contributed by atoms with van der Waals surface area (Å²) in [4.78, 5) is 3.50. The van der Waals surface area contributed by atoms with Gasteiger partial charge in [0.1, 0.15) is 0 Å². The van der Waals surface area contributed by atoms with Crippen LogP contribution in [-0.4, -0.2) is 15.2 Å². The van der Waals surface area contributed by atoms with Crippen LogP contribution in [-0.2, 0) is 6.42 Å². The first-order valence-corrected chi connectivity index (χ1v) is 7.21. The molecule has 0 saturated carbocycles. The number of benzene rings is 2. The standard InChI is InChI=1S/C18H17N3/c1-11-3-6-17-14(7-11)10-15(19-17)8-13-4-5-16-12(2)20-21-18(16)9-13/h3-7,9-10,19H,8H2,1-2H3,(H,20,21). The quantitative estimate of drug-likeness (QED) is 0.564. The zero-order chi connectivity index (χ0) is 14.4. The number of aryl methyl sites for hydroxylation is 2. The van der Waals surface area contributed by atoms with Crippen molar-refractivity contribution in [2.24, 2.45) is 0 Å². The first kappa shape index (κ1) is 12.2. The van der Waals surface area contributed by atoms with E-state index >= 15 is 0 Å².